The third kappa shape index (κ3) is 1.93. The van der Waals surface area contributed by atoms with Crippen LogP contribution in [0.4, 0.5) is 5.82 Å². The van der Waals surface area contributed by atoms with Gasteiger partial charge in [-0.3, -0.25) is 4.79 Å². The van der Waals surface area contributed by atoms with Crippen molar-refractivity contribution >= 4 is 28.9 Å². The third-order valence-electron chi connectivity index (χ3n) is 3.74. The number of hydrogen-bond donors (Lipinski definition) is 2. The molecule has 0 saturated carbocycles. The van der Waals surface area contributed by atoms with E-state index in [0.717, 1.165) is 27.8 Å². The van der Waals surface area contributed by atoms with E-state index in [1.807, 2.05) is 22.7 Å². The Bertz CT molecular complexity index is 998. The molecule has 3 aromatic heterocycles. The molecule has 0 aliphatic carbocycles. The van der Waals surface area contributed by atoms with Crippen molar-refractivity contribution in [3.63, 3.8) is 0 Å². The highest BCUT2D eigenvalue weighted by molar-refractivity contribution is 5.84. The second-order valence-corrected chi connectivity index (χ2v) is 5.16. The number of aryl methyl sites for hydroxylation is 1. The van der Waals surface area contributed by atoms with Gasteiger partial charge in [0.05, 0.1) is 23.6 Å². The minimum absolute atomic E-state index is 0.534. The van der Waals surface area contributed by atoms with Crippen LogP contribution in [0.15, 0.2) is 43.0 Å². The van der Waals surface area contributed by atoms with E-state index in [0.29, 0.717) is 12.2 Å². The molecule has 0 radical (unpaired) electrons. The lowest BCUT2D eigenvalue weighted by atomic mass is 10.0. The van der Waals surface area contributed by atoms with Crippen LogP contribution in [-0.4, -0.2) is 25.8 Å². The summed E-state index contributed by atoms with van der Waals surface area (Å²) in [6, 6.07) is 8.12. The van der Waals surface area contributed by atoms with Gasteiger partial charge in [-0.1, -0.05) is 0 Å². The second kappa shape index (κ2) is 4.70. The van der Waals surface area contributed by atoms with Gasteiger partial charge in [0.25, 0.3) is 0 Å². The number of carbonyl (C=O) groups is 1. The van der Waals surface area contributed by atoms with Gasteiger partial charge in [-0.15, -0.1) is 0 Å². The number of H-pyrrole nitrogens is 1. The number of anilines is 1. The number of benzene rings is 1. The summed E-state index contributed by atoms with van der Waals surface area (Å²) >= 11 is 0. The number of rotatable bonds is 3. The normalized spacial score (nSPS) is 11.1. The number of pyridine rings is 1. The van der Waals surface area contributed by atoms with E-state index in [9.17, 15) is 4.79 Å². The molecular weight excluding hydrogens is 278 g/mol. The van der Waals surface area contributed by atoms with Gasteiger partial charge >= 0.3 is 0 Å². The summed E-state index contributed by atoms with van der Waals surface area (Å²) in [7, 11) is 0. The largest absolute Gasteiger partial charge is 0.345 e. The highest BCUT2D eigenvalue weighted by atomic mass is 16.1. The molecule has 0 fully saturated rings. The molecule has 4 aromatic rings. The quantitative estimate of drug-likeness (QED) is 0.570. The molecule has 0 aliphatic rings. The molecule has 6 nitrogen and oxygen atoms in total. The Hall–Kier alpha value is -3.15. The topological polar surface area (TPSA) is 75.1 Å². The number of aromatic nitrogens is 4. The lowest BCUT2D eigenvalue weighted by molar-refractivity contribution is -0.105. The Labute approximate surface area is 125 Å². The first-order valence-corrected chi connectivity index (χ1v) is 6.87. The number of amides is 1. The Morgan fingerprint density at radius 2 is 2.18 bits per heavy atom. The van der Waals surface area contributed by atoms with E-state index in [1.165, 1.54) is 5.56 Å². The van der Waals surface area contributed by atoms with E-state index in [1.54, 1.807) is 12.5 Å². The van der Waals surface area contributed by atoms with Gasteiger partial charge in [0.15, 0.2) is 5.82 Å². The number of nitrogens with one attached hydrogen (secondary N) is 2. The van der Waals surface area contributed by atoms with Crippen LogP contribution in [-0.2, 0) is 4.79 Å². The zero-order valence-corrected chi connectivity index (χ0v) is 11.9. The zero-order valence-electron chi connectivity index (χ0n) is 11.9. The summed E-state index contributed by atoms with van der Waals surface area (Å²) in [5.41, 5.74) is 6.12. The molecule has 1 aromatic carbocycles. The van der Waals surface area contributed by atoms with Crippen molar-refractivity contribution in [2.75, 3.05) is 5.32 Å². The monoisotopic (exact) mass is 291 g/mol. The van der Waals surface area contributed by atoms with Crippen LogP contribution in [0, 0.1) is 6.92 Å². The molecule has 3 heterocycles. The van der Waals surface area contributed by atoms with Crippen molar-refractivity contribution in [3.05, 3.63) is 48.5 Å². The molecule has 0 atom stereocenters. The molecule has 4 rings (SSSR count). The van der Waals surface area contributed by atoms with Crippen LogP contribution in [0.25, 0.3) is 27.8 Å². The van der Waals surface area contributed by atoms with Crippen molar-refractivity contribution < 1.29 is 4.79 Å². The summed E-state index contributed by atoms with van der Waals surface area (Å²) in [4.78, 5) is 22.2. The van der Waals surface area contributed by atoms with E-state index in [4.69, 9.17) is 0 Å². The Morgan fingerprint density at radius 1 is 1.27 bits per heavy atom. The van der Waals surface area contributed by atoms with Crippen molar-refractivity contribution in [1.82, 2.24) is 19.4 Å². The van der Waals surface area contributed by atoms with Crippen LogP contribution in [0.2, 0.25) is 0 Å². The fourth-order valence-corrected chi connectivity index (χ4v) is 2.68. The summed E-state index contributed by atoms with van der Waals surface area (Å²) in [5, 5.41) is 2.56. The maximum absolute atomic E-state index is 10.5. The molecular formula is C16H13N5O. The SMILES string of the molecule is Cc1cc2[nH]cnc2cc1-c1ccc2nc(NC=O)cn2c1. The first-order chi connectivity index (χ1) is 10.7. The van der Waals surface area contributed by atoms with E-state index >= 15 is 0 Å². The van der Waals surface area contributed by atoms with E-state index < -0.39 is 0 Å². The molecule has 22 heavy (non-hydrogen) atoms. The highest BCUT2D eigenvalue weighted by Crippen LogP contribution is 2.27. The van der Waals surface area contributed by atoms with Gasteiger partial charge in [-0.25, -0.2) is 9.97 Å². The first-order valence-electron chi connectivity index (χ1n) is 6.87. The zero-order chi connectivity index (χ0) is 15.1. The Kier molecular flexibility index (Phi) is 2.69. The van der Waals surface area contributed by atoms with E-state index in [2.05, 4.69) is 39.3 Å². The van der Waals surface area contributed by atoms with Gasteiger partial charge in [0, 0.05) is 6.20 Å². The first kappa shape index (κ1) is 12.6. The molecule has 2 N–H and O–H groups in total. The molecule has 6 heteroatoms. The van der Waals surface area contributed by atoms with Gasteiger partial charge in [-0.2, -0.15) is 0 Å². The van der Waals surface area contributed by atoms with E-state index in [-0.39, 0.29) is 0 Å². The lowest BCUT2D eigenvalue weighted by Crippen LogP contribution is -1.92. The minimum atomic E-state index is 0.534. The molecule has 108 valence electrons. The Morgan fingerprint density at radius 3 is 3.05 bits per heavy atom. The highest BCUT2D eigenvalue weighted by Gasteiger charge is 2.08. The number of imidazole rings is 2. The van der Waals surface area contributed by atoms with Crippen LogP contribution < -0.4 is 5.32 Å². The van der Waals surface area contributed by atoms with Gasteiger partial charge in [-0.05, 0) is 47.9 Å². The molecule has 0 unspecified atom stereocenters. The number of fused-ring (bicyclic) bond motifs is 2. The number of aromatic amines is 1. The maximum atomic E-state index is 10.5. The smallest absolute Gasteiger partial charge is 0.212 e. The van der Waals surface area contributed by atoms with Gasteiger partial charge in [0.1, 0.15) is 5.65 Å². The number of carbonyl (C=O) groups excluding carboxylic acids is 1. The third-order valence-corrected chi connectivity index (χ3v) is 3.74. The average Bonchev–Trinajstić information content (AvgIpc) is 3.11. The molecule has 1 amide bonds. The van der Waals surface area contributed by atoms with Gasteiger partial charge in [0.2, 0.25) is 6.41 Å². The van der Waals surface area contributed by atoms with Crippen molar-refractivity contribution in [1.29, 1.82) is 0 Å². The lowest BCUT2D eigenvalue weighted by Gasteiger charge is -2.07. The molecule has 0 saturated heterocycles. The second-order valence-electron chi connectivity index (χ2n) is 5.16. The average molecular weight is 291 g/mol. The summed E-state index contributed by atoms with van der Waals surface area (Å²) < 4.78 is 1.90. The van der Waals surface area contributed by atoms with Crippen LogP contribution in [0.3, 0.4) is 0 Å². The minimum Gasteiger partial charge on any atom is -0.345 e. The summed E-state index contributed by atoms with van der Waals surface area (Å²) in [6.07, 6.45) is 6.11. The van der Waals surface area contributed by atoms with Crippen LogP contribution >= 0.6 is 0 Å². The van der Waals surface area contributed by atoms with Crippen molar-refractivity contribution in [2.24, 2.45) is 0 Å². The number of hydrogen-bond acceptors (Lipinski definition) is 3. The predicted octanol–water partition coefficient (Wildman–Crippen LogP) is 2.75. The maximum Gasteiger partial charge on any atom is 0.212 e. The number of nitrogens with zero attached hydrogens (tertiary/aromatic N) is 3. The molecule has 0 aliphatic heterocycles. The molecule has 0 spiro atoms. The fourth-order valence-electron chi connectivity index (χ4n) is 2.68. The summed E-state index contributed by atoms with van der Waals surface area (Å²) in [5.74, 6) is 0.534. The Balaban J connectivity index is 1.87. The standard InChI is InChI=1S/C16H13N5O/c1-10-4-13-14(18-8-17-13)5-12(10)11-2-3-16-20-15(19-9-22)7-21(16)6-11/h2-9H,1H3,(H,17,18)(H,19,22). The predicted molar refractivity (Wildman–Crippen MR) is 84.7 cm³/mol. The van der Waals surface area contributed by atoms with Crippen LogP contribution in [0.1, 0.15) is 5.56 Å². The van der Waals surface area contributed by atoms with Crippen molar-refractivity contribution in [3.8, 4) is 11.1 Å². The van der Waals surface area contributed by atoms with Crippen molar-refractivity contribution in [2.45, 2.75) is 6.92 Å². The van der Waals surface area contributed by atoms with Gasteiger partial charge < -0.3 is 14.7 Å². The summed E-state index contributed by atoms with van der Waals surface area (Å²) in [6.45, 7) is 2.08. The fraction of sp³-hybridized carbons (Fsp3) is 0.0625. The molecule has 0 bridgehead atoms. The van der Waals surface area contributed by atoms with Crippen LogP contribution in [0.5, 0.6) is 0 Å².